The molecule has 0 spiro atoms. The highest BCUT2D eigenvalue weighted by Gasteiger charge is 2.25. The summed E-state index contributed by atoms with van der Waals surface area (Å²) in [6.45, 7) is 10.9. The number of hydrogen-bond donors (Lipinski definition) is 1. The van der Waals surface area contributed by atoms with Crippen molar-refractivity contribution in [1.82, 2.24) is 19.6 Å². The Bertz CT molecular complexity index is 746. The van der Waals surface area contributed by atoms with Crippen LogP contribution in [0.2, 0.25) is 0 Å². The van der Waals surface area contributed by atoms with E-state index in [0.29, 0.717) is 29.7 Å². The van der Waals surface area contributed by atoms with Gasteiger partial charge in [-0.25, -0.2) is 4.98 Å². The van der Waals surface area contributed by atoms with Crippen molar-refractivity contribution in [3.63, 3.8) is 0 Å². The van der Waals surface area contributed by atoms with Crippen LogP contribution in [-0.2, 0) is 0 Å². The summed E-state index contributed by atoms with van der Waals surface area (Å²) in [5, 5.41) is 3.20. The Hall–Kier alpha value is -2.08. The number of fused-ring (bicyclic) bond motifs is 1. The number of ether oxygens (including phenoxy) is 1. The summed E-state index contributed by atoms with van der Waals surface area (Å²) in [5.41, 5.74) is 2.02. The number of carbonyl (C=O) groups is 1. The Kier molecular flexibility index (Phi) is 6.64. The Morgan fingerprint density at radius 2 is 2.08 bits per heavy atom. The van der Waals surface area contributed by atoms with E-state index < -0.39 is 0 Å². The number of nitrogens with zero attached hydrogens (tertiary/aromatic N) is 3. The van der Waals surface area contributed by atoms with E-state index in [4.69, 9.17) is 4.74 Å². The van der Waals surface area contributed by atoms with Gasteiger partial charge in [-0.2, -0.15) is 0 Å². The lowest BCUT2D eigenvalue weighted by Gasteiger charge is -2.34. The lowest BCUT2D eigenvalue weighted by atomic mass is 10.0. The van der Waals surface area contributed by atoms with E-state index in [1.165, 1.54) is 0 Å². The van der Waals surface area contributed by atoms with E-state index in [2.05, 4.69) is 29.0 Å². The molecule has 26 heavy (non-hydrogen) atoms. The Balaban J connectivity index is 0.00000243. The van der Waals surface area contributed by atoms with Crippen LogP contribution in [0.4, 0.5) is 0 Å². The third kappa shape index (κ3) is 4.01. The molecule has 1 amide bonds. The fourth-order valence-electron chi connectivity index (χ4n) is 3.51. The van der Waals surface area contributed by atoms with Crippen molar-refractivity contribution in [3.05, 3.63) is 29.7 Å². The van der Waals surface area contributed by atoms with Gasteiger partial charge < -0.3 is 15.0 Å². The molecule has 0 bridgehead atoms. The first-order chi connectivity index (χ1) is 12.0. The van der Waals surface area contributed by atoms with Crippen LogP contribution in [0.1, 0.15) is 57.2 Å². The minimum Gasteiger partial charge on any atom is -0.490 e. The third-order valence-corrected chi connectivity index (χ3v) is 4.90. The van der Waals surface area contributed by atoms with Crippen molar-refractivity contribution in [2.24, 2.45) is 0 Å². The smallest absolute Gasteiger partial charge is 0.270 e. The van der Waals surface area contributed by atoms with Gasteiger partial charge in [-0.1, -0.05) is 7.43 Å². The van der Waals surface area contributed by atoms with E-state index in [1.807, 2.05) is 36.6 Å². The molecule has 1 aliphatic rings. The molecular weight excluding hydrogens is 328 g/mol. The first-order valence-corrected chi connectivity index (χ1v) is 9.16. The van der Waals surface area contributed by atoms with Gasteiger partial charge in [-0.3, -0.25) is 9.20 Å². The van der Waals surface area contributed by atoms with Crippen LogP contribution in [-0.4, -0.2) is 52.0 Å². The van der Waals surface area contributed by atoms with Crippen molar-refractivity contribution < 1.29 is 9.53 Å². The van der Waals surface area contributed by atoms with E-state index in [1.54, 1.807) is 0 Å². The normalized spacial score (nSPS) is 15.9. The second-order valence-electron chi connectivity index (χ2n) is 6.92. The van der Waals surface area contributed by atoms with Crippen molar-refractivity contribution in [2.45, 2.75) is 60.0 Å². The number of pyridine rings is 1. The van der Waals surface area contributed by atoms with Crippen LogP contribution < -0.4 is 10.1 Å². The van der Waals surface area contributed by atoms with Crippen LogP contribution in [0.25, 0.3) is 5.65 Å². The Labute approximate surface area is 156 Å². The zero-order valence-corrected chi connectivity index (χ0v) is 15.6. The van der Waals surface area contributed by atoms with Crippen LogP contribution in [0.3, 0.4) is 0 Å². The molecule has 0 unspecified atom stereocenters. The van der Waals surface area contributed by atoms with E-state index in [0.717, 1.165) is 31.6 Å². The summed E-state index contributed by atoms with van der Waals surface area (Å²) < 4.78 is 7.46. The average Bonchev–Trinajstić information content (AvgIpc) is 2.92. The predicted octanol–water partition coefficient (Wildman–Crippen LogP) is 3.28. The number of nitrogens with one attached hydrogen (secondary N) is 1. The molecule has 0 aromatic carbocycles. The molecule has 0 saturated carbocycles. The summed E-state index contributed by atoms with van der Waals surface area (Å²) in [6, 6.07) is 4.56. The molecule has 144 valence electrons. The zero-order chi connectivity index (χ0) is 18.0. The molecule has 0 aliphatic carbocycles. The van der Waals surface area contributed by atoms with Crippen molar-refractivity contribution in [1.29, 1.82) is 0 Å². The molecule has 6 heteroatoms. The summed E-state index contributed by atoms with van der Waals surface area (Å²) in [4.78, 5) is 19.9. The van der Waals surface area contributed by atoms with Gasteiger partial charge in [0.25, 0.3) is 5.91 Å². The van der Waals surface area contributed by atoms with Crippen LogP contribution in [0, 0.1) is 6.92 Å². The molecule has 2 aromatic rings. The maximum Gasteiger partial charge on any atom is 0.270 e. The third-order valence-electron chi connectivity index (χ3n) is 4.90. The number of imidazole rings is 1. The molecule has 3 rings (SSSR count). The number of amides is 1. The topological polar surface area (TPSA) is 58.9 Å². The Morgan fingerprint density at radius 1 is 1.38 bits per heavy atom. The lowest BCUT2D eigenvalue weighted by molar-refractivity contribution is 0.0894. The fraction of sp³-hybridized carbons (Fsp3) is 0.600. The largest absolute Gasteiger partial charge is 0.490 e. The maximum absolute atomic E-state index is 12.9. The van der Waals surface area contributed by atoms with Crippen LogP contribution in [0.15, 0.2) is 18.3 Å². The number of aromatic nitrogens is 2. The highest BCUT2D eigenvalue weighted by Crippen LogP contribution is 2.22. The lowest BCUT2D eigenvalue weighted by Crippen LogP contribution is -2.46. The summed E-state index contributed by atoms with van der Waals surface area (Å²) in [7, 11) is 0. The van der Waals surface area contributed by atoms with E-state index >= 15 is 0 Å². The molecule has 0 atom stereocenters. The minimum atomic E-state index is -0.0540. The van der Waals surface area contributed by atoms with Crippen LogP contribution >= 0.6 is 0 Å². The van der Waals surface area contributed by atoms with Gasteiger partial charge in [0.05, 0.1) is 12.3 Å². The summed E-state index contributed by atoms with van der Waals surface area (Å²) in [5.74, 6) is 0.652. The highest BCUT2D eigenvalue weighted by atomic mass is 16.5. The standard InChI is InChI=1S/C19H28N4O2.CH4/c1-5-25-16-7-6-10-23-17(14(4)20-18(16)23)19(24)21-15-8-11-22(12-9-15)13(2)3;/h6-7,10,13,15H,5,8-9,11-12H2,1-4H3,(H,21,24);1H4. The monoisotopic (exact) mass is 360 g/mol. The first kappa shape index (κ1) is 20.2. The molecule has 1 fully saturated rings. The number of piperidine rings is 1. The highest BCUT2D eigenvalue weighted by molar-refractivity contribution is 5.95. The van der Waals surface area contributed by atoms with Gasteiger partial charge in [0.2, 0.25) is 0 Å². The predicted molar refractivity (Wildman–Crippen MR) is 105 cm³/mol. The molecule has 6 nitrogen and oxygen atoms in total. The van der Waals surface area contributed by atoms with Crippen molar-refractivity contribution in [3.8, 4) is 5.75 Å². The molecule has 1 aliphatic heterocycles. The van der Waals surface area contributed by atoms with Crippen molar-refractivity contribution in [2.75, 3.05) is 19.7 Å². The second kappa shape index (κ2) is 8.54. The first-order valence-electron chi connectivity index (χ1n) is 9.16. The molecule has 2 aromatic heterocycles. The molecule has 1 saturated heterocycles. The van der Waals surface area contributed by atoms with Crippen LogP contribution in [0.5, 0.6) is 5.75 Å². The van der Waals surface area contributed by atoms with Gasteiger partial charge in [0.15, 0.2) is 11.4 Å². The zero-order valence-electron chi connectivity index (χ0n) is 15.6. The molecule has 1 N–H and O–H groups in total. The Morgan fingerprint density at radius 3 is 2.69 bits per heavy atom. The molecule has 3 heterocycles. The average molecular weight is 361 g/mol. The number of aryl methyl sites for hydroxylation is 1. The van der Waals surface area contributed by atoms with Crippen molar-refractivity contribution >= 4 is 11.6 Å². The summed E-state index contributed by atoms with van der Waals surface area (Å²) >= 11 is 0. The molecular formula is C20H32N4O2. The maximum atomic E-state index is 12.9. The van der Waals surface area contributed by atoms with Gasteiger partial charge in [0, 0.05) is 31.4 Å². The van der Waals surface area contributed by atoms with Gasteiger partial charge in [-0.05, 0) is 52.7 Å². The second-order valence-corrected chi connectivity index (χ2v) is 6.92. The molecule has 0 radical (unpaired) electrons. The van der Waals surface area contributed by atoms with E-state index in [9.17, 15) is 4.79 Å². The van der Waals surface area contributed by atoms with Gasteiger partial charge >= 0.3 is 0 Å². The number of likely N-dealkylation sites (tertiary alicyclic amines) is 1. The number of hydrogen-bond acceptors (Lipinski definition) is 4. The van der Waals surface area contributed by atoms with Gasteiger partial charge in [-0.15, -0.1) is 0 Å². The minimum absolute atomic E-state index is 0. The summed E-state index contributed by atoms with van der Waals surface area (Å²) in [6.07, 6.45) is 3.85. The SMILES string of the molecule is C.CCOc1cccn2c(C(=O)NC3CCN(C(C)C)CC3)c(C)nc12. The fourth-order valence-corrected chi connectivity index (χ4v) is 3.51. The number of carbonyl (C=O) groups excluding carboxylic acids is 1. The van der Waals surface area contributed by atoms with Gasteiger partial charge in [0.1, 0.15) is 5.69 Å². The number of rotatable bonds is 5. The quantitative estimate of drug-likeness (QED) is 0.889. The van der Waals surface area contributed by atoms with E-state index in [-0.39, 0.29) is 19.4 Å².